The van der Waals surface area contributed by atoms with E-state index < -0.39 is 8.07 Å². The van der Waals surface area contributed by atoms with Crippen LogP contribution >= 0.6 is 0 Å². The van der Waals surface area contributed by atoms with Crippen LogP contribution in [0.1, 0.15) is 54.4 Å². The first kappa shape index (κ1) is 16.6. The van der Waals surface area contributed by atoms with Crippen molar-refractivity contribution in [2.75, 3.05) is 0 Å². The molecule has 25 heavy (non-hydrogen) atoms. The molecule has 1 heteroatoms. The second-order valence-corrected chi connectivity index (χ2v) is 13.8. The molecule has 0 saturated carbocycles. The van der Waals surface area contributed by atoms with Crippen molar-refractivity contribution in [1.29, 1.82) is 0 Å². The zero-order valence-electron chi connectivity index (χ0n) is 16.1. The Morgan fingerprint density at radius 1 is 0.760 bits per heavy atom. The molecule has 0 nitrogen and oxygen atoms in total. The lowest BCUT2D eigenvalue weighted by Crippen LogP contribution is -2.39. The van der Waals surface area contributed by atoms with E-state index in [9.17, 15) is 0 Å². The van der Waals surface area contributed by atoms with Gasteiger partial charge in [-0.1, -0.05) is 90.6 Å². The molecule has 0 amide bonds. The van der Waals surface area contributed by atoms with E-state index in [1.807, 2.05) is 0 Å². The number of hydrogen-bond donors (Lipinski definition) is 0. The number of hydrogen-bond acceptors (Lipinski definition) is 0. The predicted octanol–water partition coefficient (Wildman–Crippen LogP) is 6.32. The van der Waals surface area contributed by atoms with Crippen molar-refractivity contribution in [3.8, 4) is 0 Å². The fourth-order valence-electron chi connectivity index (χ4n) is 4.69. The van der Waals surface area contributed by atoms with Gasteiger partial charge in [0, 0.05) is 11.8 Å². The van der Waals surface area contributed by atoms with Gasteiger partial charge in [-0.25, -0.2) is 0 Å². The van der Waals surface area contributed by atoms with Gasteiger partial charge in [-0.05, 0) is 42.5 Å². The molecule has 4 rings (SSSR count). The summed E-state index contributed by atoms with van der Waals surface area (Å²) in [6, 6.07) is 15.9. The lowest BCUT2D eigenvalue weighted by molar-refractivity contribution is 0.643. The zero-order chi connectivity index (χ0) is 17.8. The topological polar surface area (TPSA) is 0 Å². The van der Waals surface area contributed by atoms with E-state index in [-0.39, 0.29) is 0 Å². The van der Waals surface area contributed by atoms with Crippen LogP contribution in [0.2, 0.25) is 19.6 Å². The first-order valence-electron chi connectivity index (χ1n) is 9.45. The average molecular weight is 345 g/mol. The largest absolute Gasteiger partial charge is 0.0783 e. The smallest absolute Gasteiger partial charge is 0.0656 e. The third-order valence-corrected chi connectivity index (χ3v) is 8.07. The predicted molar refractivity (Wildman–Crippen MR) is 113 cm³/mol. The molecule has 2 aliphatic carbocycles. The maximum atomic E-state index is 2.48. The van der Waals surface area contributed by atoms with Crippen LogP contribution in [0.4, 0.5) is 0 Å². The molecule has 0 aromatic heterocycles. The van der Waals surface area contributed by atoms with Crippen molar-refractivity contribution in [1.82, 2.24) is 0 Å². The number of benzene rings is 2. The summed E-state index contributed by atoms with van der Waals surface area (Å²) in [6.07, 6.45) is 6.06. The highest BCUT2D eigenvalue weighted by molar-refractivity contribution is 6.89. The van der Waals surface area contributed by atoms with Gasteiger partial charge in [0.25, 0.3) is 0 Å². The van der Waals surface area contributed by atoms with Crippen LogP contribution in [-0.2, 0) is 0 Å². The van der Waals surface area contributed by atoms with E-state index in [0.717, 1.165) is 0 Å². The second-order valence-electron chi connectivity index (χ2n) is 8.80. The molecule has 0 fully saturated rings. The Hall–Kier alpha value is -1.86. The Morgan fingerprint density at radius 2 is 1.40 bits per heavy atom. The summed E-state index contributed by atoms with van der Waals surface area (Å²) in [5.41, 5.74) is 9.09. The van der Waals surface area contributed by atoms with Gasteiger partial charge in [-0.2, -0.15) is 0 Å². The molecule has 2 aromatic rings. The molecule has 0 N–H and O–H groups in total. The van der Waals surface area contributed by atoms with Gasteiger partial charge in [-0.3, -0.25) is 0 Å². The minimum atomic E-state index is -1.32. The molecule has 0 aliphatic heterocycles. The van der Waals surface area contributed by atoms with Gasteiger partial charge < -0.3 is 0 Å². The first-order chi connectivity index (χ1) is 11.9. The van der Waals surface area contributed by atoms with Crippen molar-refractivity contribution in [3.63, 3.8) is 0 Å². The van der Waals surface area contributed by atoms with Gasteiger partial charge in [0.15, 0.2) is 0 Å². The fourth-order valence-corrected chi connectivity index (χ4v) is 6.31. The van der Waals surface area contributed by atoms with Gasteiger partial charge in [0.1, 0.15) is 0 Å². The van der Waals surface area contributed by atoms with Gasteiger partial charge in [0.2, 0.25) is 0 Å². The van der Waals surface area contributed by atoms with Crippen LogP contribution in [0, 0.1) is 0 Å². The Morgan fingerprint density at radius 3 is 2.16 bits per heavy atom. The molecule has 0 heterocycles. The van der Waals surface area contributed by atoms with E-state index in [4.69, 9.17) is 0 Å². The molecule has 0 saturated heterocycles. The number of rotatable bonds is 3. The highest BCUT2D eigenvalue weighted by atomic mass is 28.3. The number of fused-ring (bicyclic) bond motifs is 2. The van der Waals surface area contributed by atoms with Gasteiger partial charge in [0.05, 0.1) is 8.07 Å². The molecular formula is C24H28Si. The van der Waals surface area contributed by atoms with Gasteiger partial charge in [-0.15, -0.1) is 0 Å². The molecule has 0 bridgehead atoms. The summed E-state index contributed by atoms with van der Waals surface area (Å²) in [5.74, 6) is 1.12. The van der Waals surface area contributed by atoms with Crippen molar-refractivity contribution < 1.29 is 0 Å². The van der Waals surface area contributed by atoms with E-state index in [0.29, 0.717) is 11.8 Å². The standard InChI is InChI=1S/C24H28Si/c1-16-13-18-9-6-7-10-19(18)21(16)15-22-17(2)14-23-20(22)11-8-12-24(23)25(3,4)5/h6-14,21-22H,15H2,1-5H3. The maximum absolute atomic E-state index is 2.48. The molecule has 2 aromatic carbocycles. The first-order valence-corrected chi connectivity index (χ1v) is 12.9. The normalized spacial score (nSPS) is 21.6. The average Bonchev–Trinajstić information content (AvgIpc) is 3.04. The van der Waals surface area contributed by atoms with Crippen LogP contribution < -0.4 is 5.19 Å². The summed E-state index contributed by atoms with van der Waals surface area (Å²) in [7, 11) is -1.32. The lowest BCUT2D eigenvalue weighted by Gasteiger charge is -2.24. The highest BCUT2D eigenvalue weighted by Crippen LogP contribution is 2.47. The van der Waals surface area contributed by atoms with Crippen LogP contribution in [0.15, 0.2) is 53.6 Å². The van der Waals surface area contributed by atoms with Crippen molar-refractivity contribution in [2.45, 2.75) is 51.7 Å². The van der Waals surface area contributed by atoms with E-state index in [1.165, 1.54) is 34.3 Å². The minimum Gasteiger partial charge on any atom is -0.0656 e. The monoisotopic (exact) mass is 344 g/mol. The van der Waals surface area contributed by atoms with Crippen molar-refractivity contribution in [2.24, 2.45) is 0 Å². The molecule has 2 atom stereocenters. The summed E-state index contributed by atoms with van der Waals surface area (Å²) < 4.78 is 0. The Balaban J connectivity index is 1.72. The minimum absolute atomic E-state index is 0.561. The molecular weight excluding hydrogens is 316 g/mol. The summed E-state index contributed by atoms with van der Waals surface area (Å²) >= 11 is 0. The SMILES string of the molecule is CC1=Cc2ccccc2C1CC1C(C)=Cc2c1cccc2[Si](C)(C)C. The summed E-state index contributed by atoms with van der Waals surface area (Å²) in [4.78, 5) is 0. The third-order valence-electron chi connectivity index (χ3n) is 6.02. The third kappa shape index (κ3) is 2.75. The quantitative estimate of drug-likeness (QED) is 0.571. The van der Waals surface area contributed by atoms with Crippen LogP contribution in [-0.4, -0.2) is 8.07 Å². The highest BCUT2D eigenvalue weighted by Gasteiger charge is 2.32. The Kier molecular flexibility index (Phi) is 3.88. The van der Waals surface area contributed by atoms with Crippen molar-refractivity contribution >= 4 is 25.4 Å². The molecule has 0 radical (unpaired) electrons. The Bertz CT molecular complexity index is 893. The maximum Gasteiger partial charge on any atom is 0.0783 e. The molecule has 2 aliphatic rings. The fraction of sp³-hybridized carbons (Fsp3) is 0.333. The number of allylic oxidation sites excluding steroid dienone is 2. The molecule has 128 valence electrons. The molecule has 0 spiro atoms. The van der Waals surface area contributed by atoms with Crippen LogP contribution in [0.3, 0.4) is 0 Å². The van der Waals surface area contributed by atoms with Gasteiger partial charge >= 0.3 is 0 Å². The second kappa shape index (κ2) is 5.84. The van der Waals surface area contributed by atoms with Crippen LogP contribution in [0.5, 0.6) is 0 Å². The lowest BCUT2D eigenvalue weighted by atomic mass is 9.82. The van der Waals surface area contributed by atoms with E-state index in [1.54, 1.807) is 10.8 Å². The van der Waals surface area contributed by atoms with Crippen molar-refractivity contribution in [3.05, 3.63) is 75.9 Å². The summed E-state index contributed by atoms with van der Waals surface area (Å²) in [6.45, 7) is 12.0. The zero-order valence-corrected chi connectivity index (χ0v) is 17.1. The molecule has 2 unspecified atom stereocenters. The summed E-state index contributed by atoms with van der Waals surface area (Å²) in [5, 5.41) is 1.62. The van der Waals surface area contributed by atoms with E-state index in [2.05, 4.69) is 88.1 Å². The van der Waals surface area contributed by atoms with Crippen LogP contribution in [0.25, 0.3) is 12.2 Å². The van der Waals surface area contributed by atoms with E-state index >= 15 is 0 Å². The Labute approximate surface area is 153 Å².